The topological polar surface area (TPSA) is 64.1 Å². The first kappa shape index (κ1) is 11.6. The first-order chi connectivity index (χ1) is 9.19. The monoisotopic (exact) mass is 253 g/mol. The van der Waals surface area contributed by atoms with E-state index in [0.717, 1.165) is 27.7 Å². The number of anilines is 1. The van der Waals surface area contributed by atoms with Gasteiger partial charge in [0.1, 0.15) is 5.52 Å². The quantitative estimate of drug-likeness (QED) is 0.545. The Bertz CT molecular complexity index is 729. The zero-order valence-electron chi connectivity index (χ0n) is 10.7. The molecule has 0 spiro atoms. The third-order valence-electron chi connectivity index (χ3n) is 3.27. The maximum Gasteiger partial charge on any atom is 0.176 e. The van der Waals surface area contributed by atoms with E-state index in [1.54, 1.807) is 12.1 Å². The molecule has 96 valence electrons. The van der Waals surface area contributed by atoms with E-state index < -0.39 is 0 Å². The number of aryl methyl sites for hydroxylation is 1. The van der Waals surface area contributed by atoms with Crippen LogP contribution in [0.1, 0.15) is 12.5 Å². The van der Waals surface area contributed by atoms with Crippen molar-refractivity contribution in [2.45, 2.75) is 13.3 Å². The Morgan fingerprint density at radius 3 is 2.58 bits per heavy atom. The molecule has 0 atom stereocenters. The van der Waals surface area contributed by atoms with Crippen molar-refractivity contribution in [2.24, 2.45) is 0 Å². The van der Waals surface area contributed by atoms with Gasteiger partial charge in [-0.1, -0.05) is 13.0 Å². The predicted molar refractivity (Wildman–Crippen MR) is 76.1 cm³/mol. The second kappa shape index (κ2) is 4.31. The molecular formula is C15H15N3O. The van der Waals surface area contributed by atoms with E-state index in [1.165, 1.54) is 5.56 Å². The smallest absolute Gasteiger partial charge is 0.176 e. The fourth-order valence-corrected chi connectivity index (χ4v) is 2.15. The van der Waals surface area contributed by atoms with Gasteiger partial charge in [-0.15, -0.1) is 0 Å². The van der Waals surface area contributed by atoms with Crippen molar-refractivity contribution in [3.63, 3.8) is 0 Å². The zero-order chi connectivity index (χ0) is 13.4. The lowest BCUT2D eigenvalue weighted by molar-refractivity contribution is 0.203. The number of imidazole rings is 1. The van der Waals surface area contributed by atoms with Crippen LogP contribution in [0.4, 0.5) is 5.69 Å². The number of hydrogen-bond donors (Lipinski definition) is 2. The van der Waals surface area contributed by atoms with Gasteiger partial charge in [0, 0.05) is 11.3 Å². The maximum atomic E-state index is 10.3. The summed E-state index contributed by atoms with van der Waals surface area (Å²) >= 11 is 0. The van der Waals surface area contributed by atoms with Gasteiger partial charge in [0.15, 0.2) is 5.82 Å². The number of nitrogen functional groups attached to an aromatic ring is 1. The number of aromatic nitrogens is 2. The Balaban J connectivity index is 2.19. The SMILES string of the molecule is CCc1ccc2nc(-c3ccc(N)cc3)n(O)c2c1. The van der Waals surface area contributed by atoms with Crippen LogP contribution in [0.2, 0.25) is 0 Å². The number of rotatable bonds is 2. The van der Waals surface area contributed by atoms with Crippen LogP contribution in [0.5, 0.6) is 0 Å². The Labute approximate surface area is 111 Å². The van der Waals surface area contributed by atoms with Gasteiger partial charge in [0.25, 0.3) is 0 Å². The van der Waals surface area contributed by atoms with Crippen LogP contribution in [0.15, 0.2) is 42.5 Å². The normalized spacial score (nSPS) is 11.0. The molecule has 3 N–H and O–H groups in total. The summed E-state index contributed by atoms with van der Waals surface area (Å²) in [6, 6.07) is 13.2. The molecule has 0 aliphatic heterocycles. The predicted octanol–water partition coefficient (Wildman–Crippen LogP) is 3.09. The second-order valence-electron chi connectivity index (χ2n) is 4.55. The van der Waals surface area contributed by atoms with Gasteiger partial charge in [0.05, 0.1) is 5.52 Å². The molecule has 0 radical (unpaired) electrons. The van der Waals surface area contributed by atoms with Crippen molar-refractivity contribution in [1.29, 1.82) is 0 Å². The summed E-state index contributed by atoms with van der Waals surface area (Å²) in [5.74, 6) is 0.531. The molecule has 0 aliphatic carbocycles. The fourth-order valence-electron chi connectivity index (χ4n) is 2.15. The average Bonchev–Trinajstić information content (AvgIpc) is 2.76. The fraction of sp³-hybridized carbons (Fsp3) is 0.133. The van der Waals surface area contributed by atoms with E-state index in [2.05, 4.69) is 11.9 Å². The van der Waals surface area contributed by atoms with Crippen LogP contribution in [0.3, 0.4) is 0 Å². The first-order valence-corrected chi connectivity index (χ1v) is 6.25. The van der Waals surface area contributed by atoms with Gasteiger partial charge in [-0.25, -0.2) is 4.98 Å². The summed E-state index contributed by atoms with van der Waals surface area (Å²) < 4.78 is 1.14. The summed E-state index contributed by atoms with van der Waals surface area (Å²) in [6.07, 6.45) is 0.929. The Hall–Kier alpha value is -2.49. The molecule has 4 heteroatoms. The lowest BCUT2D eigenvalue weighted by atomic mass is 10.1. The largest absolute Gasteiger partial charge is 0.426 e. The lowest BCUT2D eigenvalue weighted by Crippen LogP contribution is -1.94. The summed E-state index contributed by atoms with van der Waals surface area (Å²) in [4.78, 5) is 4.46. The molecule has 3 aromatic rings. The molecule has 0 unspecified atom stereocenters. The average molecular weight is 253 g/mol. The molecule has 0 amide bonds. The standard InChI is InChI=1S/C15H15N3O/c1-2-10-3-8-13-14(9-10)18(19)15(17-13)11-4-6-12(16)7-5-11/h3-9,19H,2,16H2,1H3. The van der Waals surface area contributed by atoms with E-state index in [9.17, 15) is 5.21 Å². The van der Waals surface area contributed by atoms with Crippen LogP contribution in [0, 0.1) is 0 Å². The molecule has 3 rings (SSSR count). The molecule has 0 saturated carbocycles. The van der Waals surface area contributed by atoms with E-state index in [-0.39, 0.29) is 0 Å². The molecule has 1 aromatic heterocycles. The van der Waals surface area contributed by atoms with Crippen LogP contribution < -0.4 is 5.73 Å². The highest BCUT2D eigenvalue weighted by Crippen LogP contribution is 2.24. The molecule has 0 fully saturated rings. The van der Waals surface area contributed by atoms with Crippen LogP contribution in [0.25, 0.3) is 22.4 Å². The number of hydrogen-bond acceptors (Lipinski definition) is 3. The van der Waals surface area contributed by atoms with Gasteiger partial charge in [-0.2, -0.15) is 4.73 Å². The van der Waals surface area contributed by atoms with Gasteiger partial charge in [0.2, 0.25) is 0 Å². The van der Waals surface area contributed by atoms with Gasteiger partial charge in [-0.05, 0) is 48.4 Å². The highest BCUT2D eigenvalue weighted by Gasteiger charge is 2.12. The van der Waals surface area contributed by atoms with Crippen molar-refractivity contribution in [2.75, 3.05) is 5.73 Å². The molecule has 19 heavy (non-hydrogen) atoms. The Morgan fingerprint density at radius 1 is 1.16 bits per heavy atom. The Morgan fingerprint density at radius 2 is 1.89 bits per heavy atom. The van der Waals surface area contributed by atoms with E-state index in [4.69, 9.17) is 5.73 Å². The van der Waals surface area contributed by atoms with Crippen molar-refractivity contribution in [3.05, 3.63) is 48.0 Å². The number of fused-ring (bicyclic) bond motifs is 1. The third kappa shape index (κ3) is 1.91. The first-order valence-electron chi connectivity index (χ1n) is 6.25. The molecule has 0 aliphatic rings. The lowest BCUT2D eigenvalue weighted by Gasteiger charge is -2.02. The molecule has 0 bridgehead atoms. The minimum atomic E-state index is 0.531. The molecule has 1 heterocycles. The van der Waals surface area contributed by atoms with Crippen molar-refractivity contribution in [1.82, 2.24) is 9.71 Å². The zero-order valence-corrected chi connectivity index (χ0v) is 10.7. The minimum Gasteiger partial charge on any atom is -0.426 e. The van der Waals surface area contributed by atoms with E-state index in [0.29, 0.717) is 11.5 Å². The maximum absolute atomic E-state index is 10.3. The third-order valence-corrected chi connectivity index (χ3v) is 3.27. The number of benzene rings is 2. The number of nitrogens with two attached hydrogens (primary N) is 1. The second-order valence-corrected chi connectivity index (χ2v) is 4.55. The van der Waals surface area contributed by atoms with Gasteiger partial charge < -0.3 is 10.9 Å². The highest BCUT2D eigenvalue weighted by molar-refractivity contribution is 5.81. The minimum absolute atomic E-state index is 0.531. The van der Waals surface area contributed by atoms with Crippen LogP contribution in [-0.4, -0.2) is 14.9 Å². The van der Waals surface area contributed by atoms with Crippen molar-refractivity contribution >= 4 is 16.7 Å². The summed E-state index contributed by atoms with van der Waals surface area (Å²) in [6.45, 7) is 2.08. The highest BCUT2D eigenvalue weighted by atomic mass is 16.5. The van der Waals surface area contributed by atoms with Crippen molar-refractivity contribution in [3.8, 4) is 11.4 Å². The van der Waals surface area contributed by atoms with Gasteiger partial charge in [-0.3, -0.25) is 0 Å². The van der Waals surface area contributed by atoms with Crippen molar-refractivity contribution < 1.29 is 5.21 Å². The summed E-state index contributed by atoms with van der Waals surface area (Å²) in [7, 11) is 0. The van der Waals surface area contributed by atoms with E-state index >= 15 is 0 Å². The summed E-state index contributed by atoms with van der Waals surface area (Å²) in [5, 5.41) is 10.3. The molecule has 4 nitrogen and oxygen atoms in total. The summed E-state index contributed by atoms with van der Waals surface area (Å²) in [5.41, 5.74) is 9.88. The Kier molecular flexibility index (Phi) is 2.63. The van der Waals surface area contributed by atoms with Crippen LogP contribution >= 0.6 is 0 Å². The molecule has 2 aromatic carbocycles. The van der Waals surface area contributed by atoms with Gasteiger partial charge >= 0.3 is 0 Å². The molecule has 0 saturated heterocycles. The number of nitrogens with zero attached hydrogens (tertiary/aromatic N) is 2. The molecular weight excluding hydrogens is 238 g/mol. The van der Waals surface area contributed by atoms with Crippen LogP contribution in [-0.2, 0) is 6.42 Å². The van der Waals surface area contributed by atoms with E-state index in [1.807, 2.05) is 30.3 Å².